The maximum atomic E-state index is 6.13. The van der Waals surface area contributed by atoms with E-state index in [1.54, 1.807) is 0 Å². The Hall–Kier alpha value is -0.570. The third kappa shape index (κ3) is 2.97. The number of likely N-dealkylation sites (tertiary alicyclic amines) is 1. The number of hydrogen-bond acceptors (Lipinski definition) is 2. The topological polar surface area (TPSA) is 41.6 Å². The molecule has 2 rings (SSSR count). The largest absolute Gasteiger partial charge is 0.387 e. The lowest BCUT2D eigenvalue weighted by molar-refractivity contribution is 0.219. The highest BCUT2D eigenvalue weighted by Gasteiger charge is 2.22. The van der Waals surface area contributed by atoms with Crippen LogP contribution in [0.4, 0.5) is 0 Å². The summed E-state index contributed by atoms with van der Waals surface area (Å²) in [5.41, 5.74) is 6.13. The average Bonchev–Trinajstić information content (AvgIpc) is 2.83. The Kier molecular flexibility index (Phi) is 4.22. The lowest BCUT2D eigenvalue weighted by atomic mass is 10.0. The molecule has 1 unspecified atom stereocenters. The van der Waals surface area contributed by atoms with Gasteiger partial charge in [-0.05, 0) is 38.8 Å². The van der Waals surface area contributed by atoms with Crippen LogP contribution in [0.5, 0.6) is 0 Å². The van der Waals surface area contributed by atoms with Gasteiger partial charge in [0, 0.05) is 12.5 Å². The van der Waals surface area contributed by atoms with Crippen LogP contribution < -0.4 is 5.73 Å². The molecule has 2 aliphatic rings. The van der Waals surface area contributed by atoms with Crippen LogP contribution in [0.15, 0.2) is 4.99 Å². The van der Waals surface area contributed by atoms with Gasteiger partial charge in [0.05, 0.1) is 11.9 Å². The van der Waals surface area contributed by atoms with Crippen LogP contribution in [0.3, 0.4) is 0 Å². The number of nitrogens with zero attached hydrogens (tertiary/aromatic N) is 2. The Balaban J connectivity index is 1.88. The number of aliphatic imine (C=N–C) groups is 1. The molecule has 1 heterocycles. The fourth-order valence-corrected chi connectivity index (χ4v) is 2.96. The van der Waals surface area contributed by atoms with E-state index in [1.807, 2.05) is 0 Å². The van der Waals surface area contributed by atoms with Gasteiger partial charge in [-0.25, -0.2) is 0 Å². The third-order valence-electron chi connectivity index (χ3n) is 4.03. The molecule has 1 aliphatic heterocycles. The SMILES string of the molecule is CCN1CCCC(N=C(N)C2CCCC2)C1. The van der Waals surface area contributed by atoms with E-state index in [1.165, 1.54) is 45.1 Å². The molecule has 1 aliphatic carbocycles. The second-order valence-electron chi connectivity index (χ2n) is 5.22. The maximum absolute atomic E-state index is 6.13. The zero-order valence-corrected chi connectivity index (χ0v) is 10.5. The highest BCUT2D eigenvalue weighted by atomic mass is 15.1. The Morgan fingerprint density at radius 1 is 1.25 bits per heavy atom. The van der Waals surface area contributed by atoms with E-state index in [-0.39, 0.29) is 0 Å². The fraction of sp³-hybridized carbons (Fsp3) is 0.923. The van der Waals surface area contributed by atoms with E-state index < -0.39 is 0 Å². The Morgan fingerprint density at radius 2 is 2.00 bits per heavy atom. The molecule has 0 aromatic rings. The second-order valence-corrected chi connectivity index (χ2v) is 5.22. The monoisotopic (exact) mass is 223 g/mol. The summed E-state index contributed by atoms with van der Waals surface area (Å²) in [4.78, 5) is 7.25. The number of piperidine rings is 1. The van der Waals surface area contributed by atoms with Crippen molar-refractivity contribution in [2.45, 2.75) is 51.5 Å². The molecule has 3 heteroatoms. The minimum Gasteiger partial charge on any atom is -0.387 e. The molecule has 2 N–H and O–H groups in total. The minimum atomic E-state index is 0.467. The van der Waals surface area contributed by atoms with E-state index >= 15 is 0 Å². The Morgan fingerprint density at radius 3 is 2.69 bits per heavy atom. The zero-order chi connectivity index (χ0) is 11.4. The van der Waals surface area contributed by atoms with Crippen molar-refractivity contribution in [2.24, 2.45) is 16.6 Å². The van der Waals surface area contributed by atoms with Crippen molar-refractivity contribution in [2.75, 3.05) is 19.6 Å². The van der Waals surface area contributed by atoms with Crippen molar-refractivity contribution in [1.29, 1.82) is 0 Å². The van der Waals surface area contributed by atoms with E-state index in [0.29, 0.717) is 12.0 Å². The summed E-state index contributed by atoms with van der Waals surface area (Å²) in [5.74, 6) is 1.54. The molecule has 16 heavy (non-hydrogen) atoms. The van der Waals surface area contributed by atoms with E-state index in [9.17, 15) is 0 Å². The molecule has 0 aromatic carbocycles. The summed E-state index contributed by atoms with van der Waals surface area (Å²) in [6.45, 7) is 5.73. The number of likely N-dealkylation sites (N-methyl/N-ethyl adjacent to an activating group) is 1. The van der Waals surface area contributed by atoms with Crippen molar-refractivity contribution >= 4 is 5.84 Å². The maximum Gasteiger partial charge on any atom is 0.0972 e. The molecule has 1 saturated heterocycles. The summed E-state index contributed by atoms with van der Waals surface area (Å²) in [7, 11) is 0. The van der Waals surface area contributed by atoms with Gasteiger partial charge in [-0.2, -0.15) is 0 Å². The molecule has 1 atom stereocenters. The number of hydrogen-bond donors (Lipinski definition) is 1. The molecule has 0 amide bonds. The van der Waals surface area contributed by atoms with Crippen LogP contribution in [-0.4, -0.2) is 36.4 Å². The van der Waals surface area contributed by atoms with Crippen LogP contribution >= 0.6 is 0 Å². The standard InChI is InChI=1S/C13H25N3/c1-2-16-9-5-8-12(10-16)15-13(14)11-6-3-4-7-11/h11-12H,2-10H2,1H3,(H2,14,15). The average molecular weight is 223 g/mol. The van der Waals surface area contributed by atoms with Gasteiger partial charge in [0.2, 0.25) is 0 Å². The molecule has 0 aromatic heterocycles. The zero-order valence-electron chi connectivity index (χ0n) is 10.5. The van der Waals surface area contributed by atoms with Crippen molar-refractivity contribution in [3.8, 4) is 0 Å². The normalized spacial score (nSPS) is 29.8. The second kappa shape index (κ2) is 5.67. The molecule has 3 nitrogen and oxygen atoms in total. The van der Waals surface area contributed by atoms with Crippen molar-refractivity contribution in [3.05, 3.63) is 0 Å². The molecule has 92 valence electrons. The number of amidine groups is 1. The van der Waals surface area contributed by atoms with Crippen LogP contribution in [0.25, 0.3) is 0 Å². The fourth-order valence-electron chi connectivity index (χ4n) is 2.96. The molecule has 2 fully saturated rings. The first-order chi connectivity index (χ1) is 7.79. The van der Waals surface area contributed by atoms with E-state index in [0.717, 1.165) is 18.9 Å². The van der Waals surface area contributed by atoms with Gasteiger partial charge in [0.15, 0.2) is 0 Å². The summed E-state index contributed by atoms with van der Waals surface area (Å²) in [6.07, 6.45) is 7.71. The van der Waals surface area contributed by atoms with Gasteiger partial charge in [-0.15, -0.1) is 0 Å². The van der Waals surface area contributed by atoms with Gasteiger partial charge in [0.25, 0.3) is 0 Å². The molecular formula is C13H25N3. The lowest BCUT2D eigenvalue weighted by Crippen LogP contribution is -2.38. The molecule has 0 bridgehead atoms. The number of nitrogens with two attached hydrogens (primary N) is 1. The van der Waals surface area contributed by atoms with Gasteiger partial charge in [0.1, 0.15) is 0 Å². The highest BCUT2D eigenvalue weighted by Crippen LogP contribution is 2.25. The van der Waals surface area contributed by atoms with E-state index in [2.05, 4.69) is 11.8 Å². The predicted octanol–water partition coefficient (Wildman–Crippen LogP) is 2.02. The van der Waals surface area contributed by atoms with Crippen LogP contribution in [0, 0.1) is 5.92 Å². The van der Waals surface area contributed by atoms with Gasteiger partial charge in [-0.3, -0.25) is 4.99 Å². The summed E-state index contributed by atoms with van der Waals surface area (Å²) >= 11 is 0. The van der Waals surface area contributed by atoms with Crippen LogP contribution in [0.2, 0.25) is 0 Å². The Labute approximate surface area is 99.1 Å². The van der Waals surface area contributed by atoms with Crippen molar-refractivity contribution in [1.82, 2.24) is 4.90 Å². The molecule has 0 radical (unpaired) electrons. The quantitative estimate of drug-likeness (QED) is 0.587. The number of rotatable bonds is 3. The van der Waals surface area contributed by atoms with Crippen molar-refractivity contribution < 1.29 is 0 Å². The first-order valence-corrected chi connectivity index (χ1v) is 6.85. The summed E-state index contributed by atoms with van der Waals surface area (Å²) < 4.78 is 0. The van der Waals surface area contributed by atoms with Crippen LogP contribution in [0.1, 0.15) is 45.4 Å². The molecule has 1 saturated carbocycles. The first-order valence-electron chi connectivity index (χ1n) is 6.85. The van der Waals surface area contributed by atoms with E-state index in [4.69, 9.17) is 10.7 Å². The summed E-state index contributed by atoms with van der Waals surface area (Å²) in [6, 6.07) is 0.467. The lowest BCUT2D eigenvalue weighted by Gasteiger charge is -2.30. The van der Waals surface area contributed by atoms with Gasteiger partial charge < -0.3 is 10.6 Å². The van der Waals surface area contributed by atoms with Gasteiger partial charge in [-0.1, -0.05) is 19.8 Å². The Bertz CT molecular complexity index is 244. The smallest absolute Gasteiger partial charge is 0.0972 e. The first kappa shape index (κ1) is 11.9. The predicted molar refractivity (Wildman–Crippen MR) is 68.7 cm³/mol. The molecular weight excluding hydrogens is 198 g/mol. The van der Waals surface area contributed by atoms with Gasteiger partial charge >= 0.3 is 0 Å². The summed E-state index contributed by atoms with van der Waals surface area (Å²) in [5, 5.41) is 0. The van der Waals surface area contributed by atoms with Crippen molar-refractivity contribution in [3.63, 3.8) is 0 Å². The molecule has 0 spiro atoms. The minimum absolute atomic E-state index is 0.467. The van der Waals surface area contributed by atoms with Crippen LogP contribution in [-0.2, 0) is 0 Å². The third-order valence-corrected chi connectivity index (χ3v) is 4.03. The highest BCUT2D eigenvalue weighted by molar-refractivity contribution is 5.83.